The van der Waals surface area contributed by atoms with E-state index >= 15 is 0 Å². The molecule has 0 spiro atoms. The zero-order valence-corrected chi connectivity index (χ0v) is 30.8. The highest BCUT2D eigenvalue weighted by molar-refractivity contribution is 5.89. The summed E-state index contributed by atoms with van der Waals surface area (Å²) >= 11 is 0. The number of fused-ring (bicyclic) bond motifs is 3. The third kappa shape index (κ3) is 6.88. The predicted molar refractivity (Wildman–Crippen MR) is 201 cm³/mol. The second-order valence-corrected chi connectivity index (χ2v) is 16.0. The van der Waals surface area contributed by atoms with Gasteiger partial charge in [0.05, 0.1) is 39.7 Å². The van der Waals surface area contributed by atoms with Crippen molar-refractivity contribution in [3.05, 3.63) is 72.4 Å². The molecular weight excluding hydrogens is 672 g/mol. The maximum absolute atomic E-state index is 12.9. The van der Waals surface area contributed by atoms with Crippen LogP contribution in [-0.4, -0.2) is 87.4 Å². The number of H-pyrrole nitrogens is 2. The number of nitrogens with one attached hydrogen (secondary N) is 2. The second-order valence-electron chi connectivity index (χ2n) is 16.0. The highest BCUT2D eigenvalue weighted by atomic mass is 16.6. The quantitative estimate of drug-likeness (QED) is 0.165. The molecule has 0 saturated carbocycles. The average Bonchev–Trinajstić information content (AvgIpc) is 3.90. The summed E-state index contributed by atoms with van der Waals surface area (Å²) < 4.78 is 11.3. The van der Waals surface area contributed by atoms with Crippen LogP contribution in [0.15, 0.2) is 60.8 Å². The Morgan fingerprint density at radius 3 is 2.00 bits per heavy atom. The molecule has 6 aromatic rings. The molecule has 3 aromatic carbocycles. The Morgan fingerprint density at radius 1 is 0.717 bits per heavy atom. The molecule has 3 N–H and O–H groups in total. The highest BCUT2D eigenvalue weighted by Gasteiger charge is 2.41. The van der Waals surface area contributed by atoms with Gasteiger partial charge in [0, 0.05) is 30.2 Å². The van der Waals surface area contributed by atoms with E-state index in [1.54, 1.807) is 4.90 Å². The number of aromatic amines is 2. The maximum Gasteiger partial charge on any atom is 0.411 e. The minimum Gasteiger partial charge on any atom is -0.444 e. The van der Waals surface area contributed by atoms with E-state index in [4.69, 9.17) is 29.4 Å². The van der Waals surface area contributed by atoms with Crippen LogP contribution in [-0.2, 0) is 9.47 Å². The Morgan fingerprint density at radius 2 is 1.30 bits per heavy atom. The first kappa shape index (κ1) is 34.5. The molecule has 0 unspecified atom stereocenters. The molecule has 2 aliphatic heterocycles. The number of carbonyl (C=O) groups is 2. The summed E-state index contributed by atoms with van der Waals surface area (Å²) in [6.45, 7) is 12.1. The SMILES string of the molecule is CC(C)(C)OC(=O)N1CC[C@@H](O)[C@H]1c1nc2ccc(-c3ncc4cc(-c5ccc6nc([C@@H]7CCCN7C(=O)OC(C)(C)C)[nH]c6c5)ccc4n3)cc2[nH]1. The van der Waals surface area contributed by atoms with E-state index in [9.17, 15) is 14.7 Å². The number of hydrogen-bond donors (Lipinski definition) is 3. The van der Waals surface area contributed by atoms with Crippen molar-refractivity contribution >= 4 is 45.2 Å². The summed E-state index contributed by atoms with van der Waals surface area (Å²) in [5.41, 5.74) is 5.65. The second kappa shape index (κ2) is 12.8. The molecule has 3 aromatic heterocycles. The first-order valence-electron chi connectivity index (χ1n) is 18.1. The Kier molecular flexibility index (Phi) is 8.36. The average molecular weight is 717 g/mol. The lowest BCUT2D eigenvalue weighted by Crippen LogP contribution is -2.38. The van der Waals surface area contributed by atoms with Crippen LogP contribution in [0.25, 0.3) is 55.5 Å². The molecule has 2 fully saturated rings. The molecule has 274 valence electrons. The van der Waals surface area contributed by atoms with Gasteiger partial charge >= 0.3 is 12.2 Å². The number of ether oxygens (including phenoxy) is 2. The zero-order valence-electron chi connectivity index (χ0n) is 30.8. The lowest BCUT2D eigenvalue weighted by molar-refractivity contribution is 0.0141. The third-order valence-corrected chi connectivity index (χ3v) is 9.64. The van der Waals surface area contributed by atoms with Gasteiger partial charge in [0.2, 0.25) is 0 Å². The van der Waals surface area contributed by atoms with E-state index in [-0.39, 0.29) is 12.1 Å². The lowest BCUT2D eigenvalue weighted by Gasteiger charge is -2.28. The highest BCUT2D eigenvalue weighted by Crippen LogP contribution is 2.36. The molecule has 2 amide bonds. The fourth-order valence-corrected chi connectivity index (χ4v) is 7.25. The standard InChI is InChI=1S/C40H44N8O5/c1-39(2,3)52-37(50)47-16-7-8-31(47)35-43-27-13-10-23(19-29(27)45-35)22-9-12-26-25(18-22)21-41-34(42-26)24-11-14-28-30(20-24)46-36(44-28)33-32(49)15-17-48(33)38(51)53-40(4,5)6/h9-14,18-21,31-33,49H,7-8,15-17H2,1-6H3,(H,43,45)(H,44,46)/t31-,32+,33-/m0/s1. The minimum atomic E-state index is -0.760. The maximum atomic E-state index is 12.9. The number of hydrogen-bond acceptors (Lipinski definition) is 9. The minimum absolute atomic E-state index is 0.154. The van der Waals surface area contributed by atoms with E-state index in [1.807, 2.05) is 84.1 Å². The molecule has 0 bridgehead atoms. The molecule has 53 heavy (non-hydrogen) atoms. The fourth-order valence-electron chi connectivity index (χ4n) is 7.25. The van der Waals surface area contributed by atoms with Crippen molar-refractivity contribution in [2.45, 2.75) is 90.2 Å². The molecule has 3 atom stereocenters. The van der Waals surface area contributed by atoms with Crippen LogP contribution in [0.5, 0.6) is 0 Å². The van der Waals surface area contributed by atoms with Crippen molar-refractivity contribution < 1.29 is 24.2 Å². The number of benzene rings is 3. The van der Waals surface area contributed by atoms with Crippen molar-refractivity contribution in [1.82, 2.24) is 39.7 Å². The first-order chi connectivity index (χ1) is 25.2. The van der Waals surface area contributed by atoms with Crippen LogP contribution >= 0.6 is 0 Å². The monoisotopic (exact) mass is 716 g/mol. The molecule has 13 heteroatoms. The number of aliphatic hydroxyl groups excluding tert-OH is 1. The summed E-state index contributed by atoms with van der Waals surface area (Å²) in [4.78, 5) is 55.1. The Bertz CT molecular complexity index is 2370. The van der Waals surface area contributed by atoms with Gasteiger partial charge in [-0.1, -0.05) is 12.1 Å². The van der Waals surface area contributed by atoms with Crippen LogP contribution in [0.2, 0.25) is 0 Å². The van der Waals surface area contributed by atoms with Gasteiger partial charge in [-0.2, -0.15) is 0 Å². The van der Waals surface area contributed by atoms with Crippen LogP contribution < -0.4 is 0 Å². The number of amides is 2. The molecular formula is C40H44N8O5. The number of carbonyl (C=O) groups excluding carboxylic acids is 2. The summed E-state index contributed by atoms with van der Waals surface area (Å²) in [7, 11) is 0. The normalized spacial score (nSPS) is 19.5. The van der Waals surface area contributed by atoms with E-state index in [0.717, 1.165) is 62.8 Å². The molecule has 2 aliphatic rings. The van der Waals surface area contributed by atoms with E-state index in [0.29, 0.717) is 36.7 Å². The van der Waals surface area contributed by atoms with Crippen LogP contribution in [0.3, 0.4) is 0 Å². The van der Waals surface area contributed by atoms with E-state index < -0.39 is 29.4 Å². The molecule has 8 rings (SSSR count). The molecule has 0 aliphatic carbocycles. The smallest absolute Gasteiger partial charge is 0.411 e. The Balaban J connectivity index is 1.02. The van der Waals surface area contributed by atoms with Crippen molar-refractivity contribution in [3.63, 3.8) is 0 Å². The van der Waals surface area contributed by atoms with Gasteiger partial charge < -0.3 is 24.5 Å². The van der Waals surface area contributed by atoms with Gasteiger partial charge in [-0.3, -0.25) is 9.80 Å². The predicted octanol–water partition coefficient (Wildman–Crippen LogP) is 7.83. The number of aromatic nitrogens is 6. The van der Waals surface area contributed by atoms with Gasteiger partial charge in [0.1, 0.15) is 28.9 Å². The summed E-state index contributed by atoms with van der Waals surface area (Å²) in [5.74, 6) is 1.84. The first-order valence-corrected chi connectivity index (χ1v) is 18.1. The summed E-state index contributed by atoms with van der Waals surface area (Å²) in [6.07, 6.45) is 2.44. The summed E-state index contributed by atoms with van der Waals surface area (Å²) in [6, 6.07) is 17.2. The number of likely N-dealkylation sites (tertiary alicyclic amines) is 2. The molecule has 5 heterocycles. The van der Waals surface area contributed by atoms with Gasteiger partial charge in [0.15, 0.2) is 5.82 Å². The van der Waals surface area contributed by atoms with Gasteiger partial charge in [-0.15, -0.1) is 0 Å². The lowest BCUT2D eigenvalue weighted by atomic mass is 10.0. The third-order valence-electron chi connectivity index (χ3n) is 9.64. The van der Waals surface area contributed by atoms with Gasteiger partial charge in [-0.25, -0.2) is 29.5 Å². The Labute approximate surface area is 306 Å². The van der Waals surface area contributed by atoms with Crippen molar-refractivity contribution in [1.29, 1.82) is 0 Å². The van der Waals surface area contributed by atoms with Crippen LogP contribution in [0, 0.1) is 0 Å². The molecule has 2 saturated heterocycles. The Hall–Kier alpha value is -5.56. The van der Waals surface area contributed by atoms with Crippen LogP contribution in [0.4, 0.5) is 9.59 Å². The van der Waals surface area contributed by atoms with E-state index in [2.05, 4.69) is 28.2 Å². The number of imidazole rings is 2. The molecule has 0 radical (unpaired) electrons. The van der Waals surface area contributed by atoms with E-state index in [1.165, 1.54) is 4.90 Å². The molecule has 13 nitrogen and oxygen atoms in total. The van der Waals surface area contributed by atoms with Crippen molar-refractivity contribution in [3.8, 4) is 22.5 Å². The topological polar surface area (TPSA) is 162 Å². The van der Waals surface area contributed by atoms with Crippen molar-refractivity contribution in [2.75, 3.05) is 13.1 Å². The largest absolute Gasteiger partial charge is 0.444 e. The van der Waals surface area contributed by atoms with Gasteiger partial charge in [0.25, 0.3) is 0 Å². The van der Waals surface area contributed by atoms with Gasteiger partial charge in [-0.05, 0) is 114 Å². The number of nitrogens with zero attached hydrogens (tertiary/aromatic N) is 6. The number of aliphatic hydroxyl groups is 1. The summed E-state index contributed by atoms with van der Waals surface area (Å²) in [5, 5.41) is 11.7. The fraction of sp³-hybridized carbons (Fsp3) is 0.400. The zero-order chi connectivity index (χ0) is 37.2. The van der Waals surface area contributed by atoms with Crippen molar-refractivity contribution in [2.24, 2.45) is 0 Å². The van der Waals surface area contributed by atoms with Crippen LogP contribution in [0.1, 0.15) is 84.5 Å². The number of rotatable bonds is 4.